The van der Waals surface area contributed by atoms with Crippen molar-refractivity contribution in [3.05, 3.63) is 0 Å². The van der Waals surface area contributed by atoms with Crippen molar-refractivity contribution in [2.45, 2.75) is 47.3 Å². The van der Waals surface area contributed by atoms with Gasteiger partial charge in [0, 0.05) is 0 Å². The molecule has 4 N–H and O–H groups in total. The maximum absolute atomic E-state index is 11.8. The predicted octanol–water partition coefficient (Wildman–Crippen LogP) is -1.73. The number of aliphatic hydroxyl groups excluding tert-OH is 3. The van der Waals surface area contributed by atoms with Crippen molar-refractivity contribution in [2.75, 3.05) is 13.2 Å². The van der Waals surface area contributed by atoms with Crippen LogP contribution in [0.4, 0.5) is 0 Å². The van der Waals surface area contributed by atoms with E-state index < -0.39 is 67.8 Å². The second kappa shape index (κ2) is 7.73. The van der Waals surface area contributed by atoms with Crippen LogP contribution in [0.3, 0.4) is 0 Å². The van der Waals surface area contributed by atoms with Gasteiger partial charge in [-0.3, -0.25) is 0 Å². The first-order valence-corrected chi connectivity index (χ1v) is 13.6. The van der Waals surface area contributed by atoms with E-state index in [0.717, 1.165) is 0 Å². The van der Waals surface area contributed by atoms with Gasteiger partial charge in [-0.25, -0.2) is 0 Å². The molecule has 0 aromatic heterocycles. The summed E-state index contributed by atoms with van der Waals surface area (Å²) in [6.45, 7) is -1.20. The van der Waals surface area contributed by atoms with E-state index in [2.05, 4.69) is 4.18 Å². The van der Waals surface area contributed by atoms with Crippen molar-refractivity contribution in [3.63, 3.8) is 0 Å². The third-order valence-corrected chi connectivity index (χ3v) is 5.83. The Morgan fingerprint density at radius 1 is 1.23 bits per heavy atom. The zero-order chi connectivity index (χ0) is 17.1. The second-order valence-corrected chi connectivity index (χ2v) is 13.9. The summed E-state index contributed by atoms with van der Waals surface area (Å²) in [4.78, 5) is 0. The molecule has 1 fully saturated rings. The van der Waals surface area contributed by atoms with E-state index >= 15 is 0 Å². The number of ether oxygens (including phenoxy) is 2. The van der Waals surface area contributed by atoms with E-state index in [0.29, 0.717) is 0 Å². The minimum absolute atomic E-state index is 0.116. The van der Waals surface area contributed by atoms with Gasteiger partial charge in [0.25, 0.3) is 0 Å². The molecule has 0 aromatic rings. The van der Waals surface area contributed by atoms with Gasteiger partial charge >= 0.3 is 130 Å². The molecule has 0 amide bonds. The fraction of sp³-hybridized carbons (Fsp3) is 1.00. The zero-order valence-electron chi connectivity index (χ0n) is 12.1. The van der Waals surface area contributed by atoms with Gasteiger partial charge in [0.2, 0.25) is 0 Å². The summed E-state index contributed by atoms with van der Waals surface area (Å²) in [7, 11) is -4.67. The molecule has 1 heterocycles. The van der Waals surface area contributed by atoms with Crippen LogP contribution in [0.1, 0.15) is 0 Å². The number of hydrogen-bond donors (Lipinski definition) is 4. The van der Waals surface area contributed by atoms with Gasteiger partial charge < -0.3 is 0 Å². The Labute approximate surface area is 130 Å². The normalized spacial score (nSPS) is 31.4. The average Bonchev–Trinajstić information content (AvgIpc) is 2.59. The van der Waals surface area contributed by atoms with Crippen molar-refractivity contribution < 1.29 is 45.7 Å². The van der Waals surface area contributed by atoms with Crippen molar-refractivity contribution in [3.8, 4) is 0 Å². The van der Waals surface area contributed by atoms with Crippen LogP contribution in [0.2, 0.25) is 16.6 Å². The summed E-state index contributed by atoms with van der Waals surface area (Å²) >= 11 is -3.10. The molecular formula is C10H21AsO10S. The molecule has 0 spiro atoms. The van der Waals surface area contributed by atoms with Crippen LogP contribution >= 0.6 is 0 Å². The van der Waals surface area contributed by atoms with Gasteiger partial charge in [-0.15, -0.1) is 0 Å². The third kappa shape index (κ3) is 7.07. The van der Waals surface area contributed by atoms with E-state index in [1.165, 1.54) is 0 Å². The molecule has 0 aromatic carbocycles. The molecule has 1 aliphatic rings. The van der Waals surface area contributed by atoms with Gasteiger partial charge in [0.15, 0.2) is 0 Å². The van der Waals surface area contributed by atoms with Gasteiger partial charge in [0.05, 0.1) is 0 Å². The predicted molar refractivity (Wildman–Crippen MR) is 73.1 cm³/mol. The van der Waals surface area contributed by atoms with Gasteiger partial charge in [0.1, 0.15) is 0 Å². The van der Waals surface area contributed by atoms with E-state index in [1.807, 2.05) is 0 Å². The van der Waals surface area contributed by atoms with E-state index in [9.17, 15) is 27.5 Å². The Morgan fingerprint density at radius 3 is 2.32 bits per heavy atom. The molecule has 10 nitrogen and oxygen atoms in total. The number of rotatable bonds is 8. The molecule has 12 heteroatoms. The first-order valence-electron chi connectivity index (χ1n) is 6.36. The van der Waals surface area contributed by atoms with Crippen molar-refractivity contribution in [2.24, 2.45) is 0 Å². The second-order valence-electron chi connectivity index (χ2n) is 5.48. The van der Waals surface area contributed by atoms with Crippen LogP contribution in [-0.4, -0.2) is 85.7 Å². The Morgan fingerprint density at radius 2 is 1.82 bits per heavy atom. The SMILES string of the molecule is C[As](C)(=O)C[C@H]1O[C@@H](OC[C@@H](O)COS(=O)(=O)O)[C@H](O)[C@@H]1O. The van der Waals surface area contributed by atoms with Crippen LogP contribution < -0.4 is 0 Å². The molecule has 0 radical (unpaired) electrons. The quantitative estimate of drug-likeness (QED) is 0.268. The van der Waals surface area contributed by atoms with E-state index in [4.69, 9.17) is 14.0 Å². The number of aliphatic hydroxyl groups is 3. The van der Waals surface area contributed by atoms with Crippen LogP contribution in [0.15, 0.2) is 0 Å². The summed E-state index contributed by atoms with van der Waals surface area (Å²) in [5.74, 6) is 0. The molecule has 1 saturated heterocycles. The molecule has 0 aliphatic carbocycles. The molecular weight excluding hydrogens is 387 g/mol. The molecule has 132 valence electrons. The molecule has 5 atom stereocenters. The summed E-state index contributed by atoms with van der Waals surface area (Å²) in [5, 5.41) is 29.1. The molecule has 1 rings (SSSR count). The molecule has 0 unspecified atom stereocenters. The van der Waals surface area contributed by atoms with Crippen molar-refractivity contribution >= 4 is 23.9 Å². The first kappa shape index (κ1) is 20.1. The first-order chi connectivity index (χ1) is 9.89. The van der Waals surface area contributed by atoms with Crippen LogP contribution in [0, 0.1) is 0 Å². The summed E-state index contributed by atoms with van der Waals surface area (Å²) in [5.41, 5.74) is 3.15. The van der Waals surface area contributed by atoms with E-state index in [1.54, 1.807) is 11.4 Å². The van der Waals surface area contributed by atoms with Gasteiger partial charge in [-0.05, 0) is 0 Å². The third-order valence-electron chi connectivity index (χ3n) is 2.80. The fourth-order valence-corrected chi connectivity index (χ4v) is 4.64. The Bertz CT molecular complexity index is 502. The molecule has 0 saturated carbocycles. The average molecular weight is 408 g/mol. The minimum atomic E-state index is -4.67. The summed E-state index contributed by atoms with van der Waals surface area (Å²) in [6.07, 6.45) is -6.15. The summed E-state index contributed by atoms with van der Waals surface area (Å²) < 4.78 is 55.0. The Balaban J connectivity index is 2.45. The van der Waals surface area contributed by atoms with Crippen molar-refractivity contribution in [1.82, 2.24) is 0 Å². The van der Waals surface area contributed by atoms with E-state index in [-0.39, 0.29) is 5.21 Å². The van der Waals surface area contributed by atoms with Gasteiger partial charge in [-0.2, -0.15) is 0 Å². The summed E-state index contributed by atoms with van der Waals surface area (Å²) in [6, 6.07) is 0. The van der Waals surface area contributed by atoms with Gasteiger partial charge in [-0.1, -0.05) is 0 Å². The van der Waals surface area contributed by atoms with Crippen LogP contribution in [-0.2, 0) is 27.8 Å². The van der Waals surface area contributed by atoms with Crippen LogP contribution in [0.25, 0.3) is 0 Å². The standard InChI is InChI=1S/C10H21AsO10S/c1-11(2,15)3-7-8(13)9(14)10(21-7)19-4-6(12)5-20-22(16,17)18/h6-10,12-14H,3-5H2,1-2H3,(H,16,17,18)/t6-,7-,8-,9-,10-/m1/s1. The topological polar surface area (TPSA) is 160 Å². The molecule has 1 aliphatic heterocycles. The zero-order valence-corrected chi connectivity index (χ0v) is 14.8. The maximum atomic E-state index is 11.8. The Hall–Kier alpha value is 0.0284. The Kier molecular flexibility index (Phi) is 7.06. The molecule has 0 bridgehead atoms. The fourth-order valence-electron chi connectivity index (χ4n) is 1.85. The van der Waals surface area contributed by atoms with Crippen LogP contribution in [0.5, 0.6) is 0 Å². The van der Waals surface area contributed by atoms with Crippen molar-refractivity contribution in [1.29, 1.82) is 0 Å². The number of hydrogen-bond acceptors (Lipinski definition) is 9. The molecule has 22 heavy (non-hydrogen) atoms. The monoisotopic (exact) mass is 408 g/mol.